The van der Waals surface area contributed by atoms with Crippen molar-refractivity contribution in [1.82, 2.24) is 24.7 Å². The van der Waals surface area contributed by atoms with Gasteiger partial charge in [0.15, 0.2) is 0 Å². The molecule has 3 aromatic rings. The van der Waals surface area contributed by atoms with Crippen molar-refractivity contribution < 1.29 is 4.79 Å². The molecule has 0 saturated heterocycles. The molecule has 0 saturated carbocycles. The Balaban J connectivity index is 1.82. The van der Waals surface area contributed by atoms with Crippen LogP contribution in [0.4, 0.5) is 17.5 Å². The van der Waals surface area contributed by atoms with Crippen LogP contribution < -0.4 is 16.4 Å². The van der Waals surface area contributed by atoms with Crippen molar-refractivity contribution in [3.05, 3.63) is 40.7 Å². The van der Waals surface area contributed by atoms with Crippen LogP contribution in [0.2, 0.25) is 0 Å². The van der Waals surface area contributed by atoms with Crippen LogP contribution in [0.15, 0.2) is 30.2 Å². The van der Waals surface area contributed by atoms with Gasteiger partial charge in [0.1, 0.15) is 10.8 Å². The predicted molar refractivity (Wildman–Crippen MR) is 86.5 cm³/mol. The quantitative estimate of drug-likeness (QED) is 0.618. The van der Waals surface area contributed by atoms with Crippen LogP contribution in [0.3, 0.4) is 0 Å². The van der Waals surface area contributed by atoms with Crippen molar-refractivity contribution in [2.45, 2.75) is 6.54 Å². The molecule has 0 unspecified atom stereocenters. The maximum absolute atomic E-state index is 11.5. The average molecular weight is 330 g/mol. The van der Waals surface area contributed by atoms with Crippen LogP contribution in [0.1, 0.15) is 15.4 Å². The SMILES string of the molecule is Cn1cc(Nc2ncc(C(N)=O)c(NCc3nccs3)n2)cn1. The Hall–Kier alpha value is -3.01. The number of aromatic nitrogens is 5. The van der Waals surface area contributed by atoms with Crippen LogP contribution in [0, 0.1) is 0 Å². The number of nitrogens with one attached hydrogen (secondary N) is 2. The van der Waals surface area contributed by atoms with Gasteiger partial charge in [-0.1, -0.05) is 0 Å². The lowest BCUT2D eigenvalue weighted by molar-refractivity contribution is 0.100. The minimum absolute atomic E-state index is 0.221. The lowest BCUT2D eigenvalue weighted by Crippen LogP contribution is -2.17. The summed E-state index contributed by atoms with van der Waals surface area (Å²) in [7, 11) is 1.81. The zero-order valence-electron chi connectivity index (χ0n) is 12.2. The van der Waals surface area contributed by atoms with Crippen LogP contribution in [0.25, 0.3) is 0 Å². The fraction of sp³-hybridized carbons (Fsp3) is 0.154. The number of primary amides is 1. The second kappa shape index (κ2) is 6.40. The molecule has 3 heterocycles. The van der Waals surface area contributed by atoms with E-state index in [-0.39, 0.29) is 5.56 Å². The van der Waals surface area contributed by atoms with E-state index in [1.807, 2.05) is 12.4 Å². The summed E-state index contributed by atoms with van der Waals surface area (Å²) >= 11 is 1.51. The summed E-state index contributed by atoms with van der Waals surface area (Å²) in [6.07, 6.45) is 6.53. The smallest absolute Gasteiger partial charge is 0.254 e. The molecular weight excluding hydrogens is 316 g/mol. The van der Waals surface area contributed by atoms with Gasteiger partial charge in [-0.2, -0.15) is 10.1 Å². The number of carbonyl (C=O) groups excluding carboxylic acids is 1. The van der Waals surface area contributed by atoms with E-state index in [9.17, 15) is 4.79 Å². The molecule has 0 aliphatic heterocycles. The number of anilines is 3. The summed E-state index contributed by atoms with van der Waals surface area (Å²) in [5.41, 5.74) is 6.33. The minimum atomic E-state index is -0.598. The molecular formula is C13H14N8OS. The number of thiazole rings is 1. The summed E-state index contributed by atoms with van der Waals surface area (Å²) in [6, 6.07) is 0. The standard InChI is InChI=1S/C13H14N8OS/c1-21-7-8(4-18-21)19-13-17-5-9(11(14)22)12(20-13)16-6-10-15-2-3-23-10/h2-5,7H,6H2,1H3,(H2,14,22)(H2,16,17,19,20). The topological polar surface area (TPSA) is 124 Å². The van der Waals surface area contributed by atoms with Crippen LogP contribution in [0.5, 0.6) is 0 Å². The first-order valence-electron chi connectivity index (χ1n) is 6.66. The van der Waals surface area contributed by atoms with Gasteiger partial charge < -0.3 is 16.4 Å². The van der Waals surface area contributed by atoms with Crippen molar-refractivity contribution in [1.29, 1.82) is 0 Å². The van der Waals surface area contributed by atoms with Crippen molar-refractivity contribution in [2.24, 2.45) is 12.8 Å². The Labute approximate surface area is 135 Å². The number of hydrogen-bond acceptors (Lipinski definition) is 8. The maximum atomic E-state index is 11.5. The first-order valence-corrected chi connectivity index (χ1v) is 7.54. The van der Waals surface area contributed by atoms with E-state index in [2.05, 4.69) is 30.7 Å². The molecule has 0 bridgehead atoms. The highest BCUT2D eigenvalue weighted by molar-refractivity contribution is 7.09. The second-order valence-electron chi connectivity index (χ2n) is 4.63. The van der Waals surface area contributed by atoms with E-state index in [0.29, 0.717) is 18.3 Å². The van der Waals surface area contributed by atoms with E-state index in [4.69, 9.17) is 5.73 Å². The van der Waals surface area contributed by atoms with E-state index in [0.717, 1.165) is 10.7 Å². The molecule has 0 atom stereocenters. The number of nitrogens with zero attached hydrogens (tertiary/aromatic N) is 5. The highest BCUT2D eigenvalue weighted by Gasteiger charge is 2.13. The van der Waals surface area contributed by atoms with Gasteiger partial charge in [-0.15, -0.1) is 11.3 Å². The molecule has 23 heavy (non-hydrogen) atoms. The number of carbonyl (C=O) groups is 1. The monoisotopic (exact) mass is 330 g/mol. The van der Waals surface area contributed by atoms with Crippen molar-refractivity contribution in [3.8, 4) is 0 Å². The zero-order chi connectivity index (χ0) is 16.2. The number of nitrogens with two attached hydrogens (primary N) is 1. The Morgan fingerprint density at radius 3 is 2.91 bits per heavy atom. The Morgan fingerprint density at radius 2 is 2.26 bits per heavy atom. The highest BCUT2D eigenvalue weighted by atomic mass is 32.1. The van der Waals surface area contributed by atoms with E-state index in [1.54, 1.807) is 23.3 Å². The van der Waals surface area contributed by atoms with Gasteiger partial charge in [-0.3, -0.25) is 9.48 Å². The molecule has 9 nitrogen and oxygen atoms in total. The Morgan fingerprint density at radius 1 is 1.39 bits per heavy atom. The molecule has 4 N–H and O–H groups in total. The van der Waals surface area contributed by atoms with Crippen LogP contribution >= 0.6 is 11.3 Å². The van der Waals surface area contributed by atoms with Gasteiger partial charge in [-0.25, -0.2) is 9.97 Å². The van der Waals surface area contributed by atoms with Crippen molar-refractivity contribution in [3.63, 3.8) is 0 Å². The van der Waals surface area contributed by atoms with Crippen LogP contribution in [-0.2, 0) is 13.6 Å². The van der Waals surface area contributed by atoms with Gasteiger partial charge in [0.25, 0.3) is 5.91 Å². The summed E-state index contributed by atoms with van der Waals surface area (Å²) in [6.45, 7) is 0.446. The van der Waals surface area contributed by atoms with Crippen LogP contribution in [-0.4, -0.2) is 30.6 Å². The van der Waals surface area contributed by atoms with Gasteiger partial charge in [0.05, 0.1) is 24.0 Å². The first kappa shape index (κ1) is 14.9. The molecule has 1 amide bonds. The maximum Gasteiger partial charge on any atom is 0.254 e. The third-order valence-electron chi connectivity index (χ3n) is 2.91. The second-order valence-corrected chi connectivity index (χ2v) is 5.61. The molecule has 10 heteroatoms. The third kappa shape index (κ3) is 3.61. The third-order valence-corrected chi connectivity index (χ3v) is 3.69. The average Bonchev–Trinajstić information content (AvgIpc) is 3.17. The Kier molecular flexibility index (Phi) is 4.15. The molecule has 3 aromatic heterocycles. The number of aryl methyl sites for hydroxylation is 1. The minimum Gasteiger partial charge on any atom is -0.365 e. The summed E-state index contributed by atoms with van der Waals surface area (Å²) in [5, 5.41) is 12.9. The predicted octanol–water partition coefficient (Wildman–Crippen LogP) is 1.12. The molecule has 0 fully saturated rings. The zero-order valence-corrected chi connectivity index (χ0v) is 13.0. The van der Waals surface area contributed by atoms with E-state index in [1.165, 1.54) is 17.5 Å². The highest BCUT2D eigenvalue weighted by Crippen LogP contribution is 2.18. The number of rotatable bonds is 6. The largest absolute Gasteiger partial charge is 0.365 e. The van der Waals surface area contributed by atoms with E-state index >= 15 is 0 Å². The fourth-order valence-corrected chi connectivity index (χ4v) is 2.43. The molecule has 0 radical (unpaired) electrons. The van der Waals surface area contributed by atoms with Crippen molar-refractivity contribution in [2.75, 3.05) is 10.6 Å². The molecule has 3 rings (SSSR count). The molecule has 118 valence electrons. The lowest BCUT2D eigenvalue weighted by atomic mass is 10.3. The molecule has 0 spiro atoms. The number of hydrogen-bond donors (Lipinski definition) is 3. The Bertz CT molecular complexity index is 813. The first-order chi connectivity index (χ1) is 11.1. The lowest BCUT2D eigenvalue weighted by Gasteiger charge is -2.09. The van der Waals surface area contributed by atoms with E-state index < -0.39 is 5.91 Å². The fourth-order valence-electron chi connectivity index (χ4n) is 1.87. The summed E-state index contributed by atoms with van der Waals surface area (Å²) < 4.78 is 1.65. The summed E-state index contributed by atoms with van der Waals surface area (Å²) in [5.74, 6) is 0.0956. The van der Waals surface area contributed by atoms with Gasteiger partial charge in [-0.05, 0) is 0 Å². The van der Waals surface area contributed by atoms with Gasteiger partial charge in [0, 0.05) is 31.0 Å². The molecule has 0 aliphatic carbocycles. The molecule has 0 aliphatic rings. The molecule has 0 aromatic carbocycles. The van der Waals surface area contributed by atoms with Crippen molar-refractivity contribution >= 4 is 34.7 Å². The normalized spacial score (nSPS) is 10.5. The van der Waals surface area contributed by atoms with Gasteiger partial charge >= 0.3 is 0 Å². The summed E-state index contributed by atoms with van der Waals surface area (Å²) in [4.78, 5) is 24.1. The number of amides is 1. The van der Waals surface area contributed by atoms with Gasteiger partial charge in [0.2, 0.25) is 5.95 Å².